The molecule has 6 nitrogen and oxygen atoms in total. The minimum Gasteiger partial charge on any atom is -0.353 e. The van der Waals surface area contributed by atoms with Crippen LogP contribution in [0.1, 0.15) is 17.5 Å². The quantitative estimate of drug-likeness (QED) is 0.760. The van der Waals surface area contributed by atoms with Gasteiger partial charge in [0.2, 0.25) is 5.91 Å². The van der Waals surface area contributed by atoms with E-state index < -0.39 is 0 Å². The van der Waals surface area contributed by atoms with E-state index in [9.17, 15) is 9.59 Å². The minimum atomic E-state index is -0.107. The molecule has 0 bridgehead atoms. The number of benzene rings is 1. The molecule has 3 heterocycles. The van der Waals surface area contributed by atoms with E-state index in [1.54, 1.807) is 6.20 Å². The Morgan fingerprint density at radius 2 is 1.93 bits per heavy atom. The van der Waals surface area contributed by atoms with Gasteiger partial charge in [-0.15, -0.1) is 0 Å². The maximum absolute atomic E-state index is 12.6. The number of anilines is 1. The average molecular weight is 376 g/mol. The number of nitrogens with one attached hydrogen (secondary N) is 1. The molecule has 1 amide bonds. The zero-order chi connectivity index (χ0) is 19.5. The Kier molecular flexibility index (Phi) is 5.10. The molecule has 1 aliphatic rings. The highest BCUT2D eigenvalue weighted by Gasteiger charge is 2.21. The summed E-state index contributed by atoms with van der Waals surface area (Å²) in [6, 6.07) is 13.7. The Hall–Kier alpha value is -3.15. The van der Waals surface area contributed by atoms with E-state index in [1.165, 1.54) is 0 Å². The van der Waals surface area contributed by atoms with Crippen LogP contribution in [0.3, 0.4) is 0 Å². The maximum atomic E-state index is 12.6. The lowest BCUT2D eigenvalue weighted by Crippen LogP contribution is -2.49. The lowest BCUT2D eigenvalue weighted by Gasteiger charge is -2.35. The summed E-state index contributed by atoms with van der Waals surface area (Å²) in [4.78, 5) is 36.3. The van der Waals surface area contributed by atoms with Crippen molar-refractivity contribution in [2.24, 2.45) is 0 Å². The van der Waals surface area contributed by atoms with E-state index in [4.69, 9.17) is 0 Å². The molecule has 1 aliphatic heterocycles. The normalized spacial score (nSPS) is 14.5. The van der Waals surface area contributed by atoms with Crippen molar-refractivity contribution in [2.75, 3.05) is 31.1 Å². The topological polar surface area (TPSA) is 69.3 Å². The number of aromatic nitrogens is 2. The van der Waals surface area contributed by atoms with E-state index in [1.807, 2.05) is 54.3 Å². The molecular weight excluding hydrogens is 352 g/mol. The van der Waals surface area contributed by atoms with E-state index in [0.717, 1.165) is 35.4 Å². The van der Waals surface area contributed by atoms with Crippen molar-refractivity contribution >= 4 is 22.6 Å². The molecule has 2 aromatic heterocycles. The van der Waals surface area contributed by atoms with Gasteiger partial charge >= 0.3 is 0 Å². The number of aromatic amines is 1. The molecular formula is C22H24N4O2. The molecule has 0 unspecified atom stereocenters. The summed E-state index contributed by atoms with van der Waals surface area (Å²) in [6.07, 6.45) is 2.60. The summed E-state index contributed by atoms with van der Waals surface area (Å²) < 4.78 is 0. The van der Waals surface area contributed by atoms with Crippen LogP contribution in [0.25, 0.3) is 10.9 Å². The van der Waals surface area contributed by atoms with E-state index >= 15 is 0 Å². The number of fused-ring (bicyclic) bond motifs is 1. The molecule has 3 aromatic rings. The first kappa shape index (κ1) is 18.2. The van der Waals surface area contributed by atoms with Crippen LogP contribution in [0.5, 0.6) is 0 Å². The van der Waals surface area contributed by atoms with Crippen molar-refractivity contribution in [3.05, 3.63) is 70.1 Å². The van der Waals surface area contributed by atoms with Crippen molar-refractivity contribution < 1.29 is 4.79 Å². The Morgan fingerprint density at radius 1 is 1.11 bits per heavy atom. The summed E-state index contributed by atoms with van der Waals surface area (Å²) in [6.45, 7) is 4.95. The van der Waals surface area contributed by atoms with Gasteiger partial charge in [0.15, 0.2) is 0 Å². The number of carbonyl (C=O) groups is 1. The Labute approximate surface area is 163 Å². The molecule has 6 heteroatoms. The third-order valence-electron chi connectivity index (χ3n) is 5.29. The monoisotopic (exact) mass is 376 g/mol. The first-order chi connectivity index (χ1) is 13.6. The van der Waals surface area contributed by atoms with Gasteiger partial charge in [-0.25, -0.2) is 4.98 Å². The van der Waals surface area contributed by atoms with Crippen LogP contribution >= 0.6 is 0 Å². The van der Waals surface area contributed by atoms with Crippen LogP contribution in [-0.4, -0.2) is 47.0 Å². The van der Waals surface area contributed by atoms with Gasteiger partial charge in [-0.1, -0.05) is 17.7 Å². The second-order valence-electron chi connectivity index (χ2n) is 7.27. The molecule has 144 valence electrons. The highest BCUT2D eigenvalue weighted by molar-refractivity contribution is 5.80. The highest BCUT2D eigenvalue weighted by Crippen LogP contribution is 2.16. The fourth-order valence-corrected chi connectivity index (χ4v) is 3.68. The van der Waals surface area contributed by atoms with Crippen molar-refractivity contribution in [1.29, 1.82) is 0 Å². The molecule has 0 aliphatic carbocycles. The van der Waals surface area contributed by atoms with Crippen LogP contribution < -0.4 is 10.5 Å². The number of amides is 1. The molecule has 1 fully saturated rings. The first-order valence-corrected chi connectivity index (χ1v) is 9.66. The average Bonchev–Trinajstić information content (AvgIpc) is 2.73. The first-order valence-electron chi connectivity index (χ1n) is 9.66. The number of piperazine rings is 1. The number of hydrogen-bond donors (Lipinski definition) is 1. The number of pyridine rings is 2. The van der Waals surface area contributed by atoms with E-state index in [2.05, 4.69) is 14.9 Å². The van der Waals surface area contributed by atoms with Crippen LogP contribution in [0, 0.1) is 6.92 Å². The number of carbonyl (C=O) groups excluding carboxylic acids is 1. The lowest BCUT2D eigenvalue weighted by atomic mass is 10.1. The summed E-state index contributed by atoms with van der Waals surface area (Å²) in [7, 11) is 0. The standard InChI is InChI=1S/C22H24N4O2/c1-16-5-7-19-18(14-16)15-17(22(28)24-19)6-8-21(27)26-12-10-25(11-13-26)20-4-2-3-9-23-20/h2-5,7,9,14-15H,6,8,10-13H2,1H3,(H,24,28). The third-order valence-corrected chi connectivity index (χ3v) is 5.29. The van der Waals surface area contributed by atoms with Crippen molar-refractivity contribution in [3.63, 3.8) is 0 Å². The van der Waals surface area contributed by atoms with Crippen molar-refractivity contribution in [3.8, 4) is 0 Å². The van der Waals surface area contributed by atoms with Crippen LogP contribution in [0.15, 0.2) is 53.5 Å². The Balaban J connectivity index is 1.37. The Morgan fingerprint density at radius 3 is 2.68 bits per heavy atom. The highest BCUT2D eigenvalue weighted by atomic mass is 16.2. The Bertz CT molecular complexity index is 1040. The van der Waals surface area contributed by atoms with E-state index in [0.29, 0.717) is 31.5 Å². The van der Waals surface area contributed by atoms with Gasteiger partial charge in [0.25, 0.3) is 5.56 Å². The molecule has 1 saturated heterocycles. The fourth-order valence-electron chi connectivity index (χ4n) is 3.68. The molecule has 28 heavy (non-hydrogen) atoms. The van der Waals surface area contributed by atoms with Gasteiger partial charge < -0.3 is 14.8 Å². The van der Waals surface area contributed by atoms with Gasteiger partial charge in [0.1, 0.15) is 5.82 Å². The van der Waals surface area contributed by atoms with Gasteiger partial charge in [-0.2, -0.15) is 0 Å². The summed E-state index contributed by atoms with van der Waals surface area (Å²) >= 11 is 0. The number of rotatable bonds is 4. The second kappa shape index (κ2) is 7.84. The smallest absolute Gasteiger partial charge is 0.251 e. The number of H-pyrrole nitrogens is 1. The number of nitrogens with zero attached hydrogens (tertiary/aromatic N) is 3. The predicted molar refractivity (Wildman–Crippen MR) is 111 cm³/mol. The fraction of sp³-hybridized carbons (Fsp3) is 0.318. The molecule has 1 aromatic carbocycles. The van der Waals surface area contributed by atoms with Crippen molar-refractivity contribution in [1.82, 2.24) is 14.9 Å². The van der Waals surface area contributed by atoms with Crippen LogP contribution in [-0.2, 0) is 11.2 Å². The van der Waals surface area contributed by atoms with Gasteiger partial charge in [0, 0.05) is 49.9 Å². The van der Waals surface area contributed by atoms with Gasteiger partial charge in [-0.05, 0) is 49.1 Å². The molecule has 0 spiro atoms. The summed E-state index contributed by atoms with van der Waals surface area (Å²) in [5, 5.41) is 1.01. The zero-order valence-electron chi connectivity index (χ0n) is 16.0. The van der Waals surface area contributed by atoms with Gasteiger partial charge in [0.05, 0.1) is 0 Å². The van der Waals surface area contributed by atoms with Crippen LogP contribution in [0.2, 0.25) is 0 Å². The summed E-state index contributed by atoms with van der Waals surface area (Å²) in [5.41, 5.74) is 2.53. The predicted octanol–water partition coefficient (Wildman–Crippen LogP) is 2.51. The largest absolute Gasteiger partial charge is 0.353 e. The molecule has 0 saturated carbocycles. The van der Waals surface area contributed by atoms with E-state index in [-0.39, 0.29) is 11.5 Å². The van der Waals surface area contributed by atoms with Gasteiger partial charge in [-0.3, -0.25) is 9.59 Å². The molecule has 4 rings (SSSR count). The van der Waals surface area contributed by atoms with Crippen LogP contribution in [0.4, 0.5) is 5.82 Å². The molecule has 0 radical (unpaired) electrons. The molecule has 0 atom stereocenters. The summed E-state index contributed by atoms with van der Waals surface area (Å²) in [5.74, 6) is 1.05. The third kappa shape index (κ3) is 3.91. The second-order valence-corrected chi connectivity index (χ2v) is 7.27. The van der Waals surface area contributed by atoms with Crippen molar-refractivity contribution in [2.45, 2.75) is 19.8 Å². The molecule has 1 N–H and O–H groups in total. The minimum absolute atomic E-state index is 0.101. The maximum Gasteiger partial charge on any atom is 0.251 e. The SMILES string of the molecule is Cc1ccc2[nH]c(=O)c(CCC(=O)N3CCN(c4ccccn4)CC3)cc2c1. The number of hydrogen-bond acceptors (Lipinski definition) is 4. The number of aryl methyl sites for hydroxylation is 2. The zero-order valence-corrected chi connectivity index (χ0v) is 16.0. The lowest BCUT2D eigenvalue weighted by molar-refractivity contribution is -0.131.